The molecule has 9 heteroatoms. The highest BCUT2D eigenvalue weighted by Gasteiger charge is 2.27. The maximum absolute atomic E-state index is 12.2. The highest BCUT2D eigenvalue weighted by molar-refractivity contribution is 7.92. The molecule has 106 valence electrons. The van der Waals surface area contributed by atoms with Crippen molar-refractivity contribution < 1.29 is 13.3 Å². The largest absolute Gasteiger partial charge is 0.330 e. The molecular weight excluding hydrogens is 284 g/mol. The van der Waals surface area contributed by atoms with Gasteiger partial charge in [-0.15, -0.1) is 0 Å². The lowest BCUT2D eigenvalue weighted by Gasteiger charge is -2.08. The average Bonchev–Trinajstić information content (AvgIpc) is 2.83. The Morgan fingerprint density at radius 2 is 1.95 bits per heavy atom. The number of aryl methyl sites for hydroxylation is 2. The van der Waals surface area contributed by atoms with Crippen molar-refractivity contribution in [2.45, 2.75) is 18.7 Å². The molecule has 1 aromatic carbocycles. The van der Waals surface area contributed by atoms with E-state index < -0.39 is 20.6 Å². The van der Waals surface area contributed by atoms with Crippen LogP contribution in [0.5, 0.6) is 0 Å². The molecule has 0 aliphatic carbocycles. The Morgan fingerprint density at radius 1 is 1.30 bits per heavy atom. The Hall–Kier alpha value is -2.42. The third-order valence-corrected chi connectivity index (χ3v) is 4.16. The highest BCUT2D eigenvalue weighted by Crippen LogP contribution is 2.28. The van der Waals surface area contributed by atoms with Gasteiger partial charge in [-0.25, -0.2) is 18.1 Å². The van der Waals surface area contributed by atoms with Crippen LogP contribution in [0.4, 0.5) is 11.6 Å². The summed E-state index contributed by atoms with van der Waals surface area (Å²) in [6.07, 6.45) is 2.80. The van der Waals surface area contributed by atoms with E-state index in [1.54, 1.807) is 13.8 Å². The number of aromatic amines is 1. The number of H-pyrrole nitrogens is 1. The number of aromatic nitrogens is 2. The van der Waals surface area contributed by atoms with E-state index in [0.717, 1.165) is 0 Å². The highest BCUT2D eigenvalue weighted by atomic mass is 32.2. The van der Waals surface area contributed by atoms with Crippen LogP contribution in [0.15, 0.2) is 29.4 Å². The van der Waals surface area contributed by atoms with Gasteiger partial charge >= 0.3 is 0 Å². The zero-order valence-corrected chi connectivity index (χ0v) is 11.6. The van der Waals surface area contributed by atoms with Crippen LogP contribution in [0.25, 0.3) is 0 Å². The van der Waals surface area contributed by atoms with E-state index in [9.17, 15) is 18.5 Å². The first-order valence-corrected chi connectivity index (χ1v) is 7.07. The number of nitrogens with one attached hydrogen (secondary N) is 2. The van der Waals surface area contributed by atoms with Gasteiger partial charge in [-0.1, -0.05) is 0 Å². The molecule has 0 radical (unpaired) electrons. The number of anilines is 1. The second-order valence-electron chi connectivity index (χ2n) is 4.20. The molecule has 0 amide bonds. The lowest BCUT2D eigenvalue weighted by Crippen LogP contribution is -2.16. The van der Waals surface area contributed by atoms with E-state index in [1.165, 1.54) is 24.5 Å². The normalized spacial score (nSPS) is 11.3. The molecule has 0 saturated carbocycles. The van der Waals surface area contributed by atoms with Crippen LogP contribution in [0, 0.1) is 24.0 Å². The number of hydrogen-bond acceptors (Lipinski definition) is 5. The second kappa shape index (κ2) is 4.93. The summed E-state index contributed by atoms with van der Waals surface area (Å²) in [7, 11) is -4.08. The molecule has 8 nitrogen and oxygen atoms in total. The minimum Gasteiger partial charge on any atom is -0.330 e. The number of nitro benzene ring substituents is 1. The standard InChI is InChI=1S/C11H12N4O4S/c1-7-5-9(15(16)17)10(6-8(7)2)20(18,19)14-11-12-3-4-13-11/h3-6H,1-2H3,(H2,12,13,14). The maximum atomic E-state index is 12.2. The van der Waals surface area contributed by atoms with E-state index in [2.05, 4.69) is 14.7 Å². The Kier molecular flexibility index (Phi) is 3.45. The van der Waals surface area contributed by atoms with Gasteiger partial charge in [0, 0.05) is 18.5 Å². The fourth-order valence-electron chi connectivity index (χ4n) is 1.64. The predicted octanol–water partition coefficient (Wildman–Crippen LogP) is 1.74. The summed E-state index contributed by atoms with van der Waals surface area (Å²) >= 11 is 0. The first-order chi connectivity index (χ1) is 9.31. The fraction of sp³-hybridized carbons (Fsp3) is 0.182. The van der Waals surface area contributed by atoms with Gasteiger partial charge in [0.05, 0.1) is 4.92 Å². The summed E-state index contributed by atoms with van der Waals surface area (Å²) < 4.78 is 26.6. The average molecular weight is 296 g/mol. The van der Waals surface area contributed by atoms with Crippen LogP contribution in [-0.4, -0.2) is 23.3 Å². The predicted molar refractivity (Wildman–Crippen MR) is 72.0 cm³/mol. The van der Waals surface area contributed by atoms with Crippen molar-refractivity contribution in [3.05, 3.63) is 45.8 Å². The second-order valence-corrected chi connectivity index (χ2v) is 5.86. The zero-order chi connectivity index (χ0) is 14.9. The number of rotatable bonds is 4. The van der Waals surface area contributed by atoms with Gasteiger partial charge in [0.1, 0.15) is 0 Å². The van der Waals surface area contributed by atoms with Crippen LogP contribution in [-0.2, 0) is 10.0 Å². The van der Waals surface area contributed by atoms with Crippen molar-refractivity contribution >= 4 is 21.7 Å². The fourth-order valence-corrected chi connectivity index (χ4v) is 2.85. The number of nitro groups is 1. The Balaban J connectivity index is 2.56. The van der Waals surface area contributed by atoms with Gasteiger partial charge in [-0.3, -0.25) is 10.1 Å². The summed E-state index contributed by atoms with van der Waals surface area (Å²) in [5, 5.41) is 11.0. The van der Waals surface area contributed by atoms with Crippen LogP contribution in [0.1, 0.15) is 11.1 Å². The molecule has 2 rings (SSSR count). The van der Waals surface area contributed by atoms with Crippen molar-refractivity contribution in [1.29, 1.82) is 0 Å². The van der Waals surface area contributed by atoms with E-state index >= 15 is 0 Å². The van der Waals surface area contributed by atoms with Crippen LogP contribution in [0.2, 0.25) is 0 Å². The number of hydrogen-bond donors (Lipinski definition) is 2. The van der Waals surface area contributed by atoms with Crippen molar-refractivity contribution in [1.82, 2.24) is 9.97 Å². The van der Waals surface area contributed by atoms with Crippen molar-refractivity contribution in [2.75, 3.05) is 4.72 Å². The van der Waals surface area contributed by atoms with Gasteiger partial charge < -0.3 is 4.98 Å². The SMILES string of the molecule is Cc1cc([N+](=O)[O-])c(S(=O)(=O)Nc2ncc[nH]2)cc1C. The minimum atomic E-state index is -4.08. The number of nitrogens with zero attached hydrogens (tertiary/aromatic N) is 2. The van der Waals surface area contributed by atoms with Crippen LogP contribution in [0.3, 0.4) is 0 Å². The van der Waals surface area contributed by atoms with E-state index in [-0.39, 0.29) is 10.8 Å². The molecule has 1 heterocycles. The lowest BCUT2D eigenvalue weighted by atomic mass is 10.1. The molecule has 2 aromatic rings. The Morgan fingerprint density at radius 3 is 2.50 bits per heavy atom. The number of benzene rings is 1. The molecule has 20 heavy (non-hydrogen) atoms. The summed E-state index contributed by atoms with van der Waals surface area (Å²) in [6.45, 7) is 3.36. The molecule has 0 atom stereocenters. The molecule has 0 bridgehead atoms. The maximum Gasteiger partial charge on any atom is 0.290 e. The molecule has 0 unspecified atom stereocenters. The molecule has 0 saturated heterocycles. The Bertz CT molecular complexity index is 753. The van der Waals surface area contributed by atoms with Crippen molar-refractivity contribution in [3.63, 3.8) is 0 Å². The van der Waals surface area contributed by atoms with E-state index in [4.69, 9.17) is 0 Å². The summed E-state index contributed by atoms with van der Waals surface area (Å²) in [6, 6.07) is 2.52. The number of sulfonamides is 1. The molecule has 0 aliphatic heterocycles. The van der Waals surface area contributed by atoms with Gasteiger partial charge in [0.15, 0.2) is 4.90 Å². The molecule has 0 spiro atoms. The van der Waals surface area contributed by atoms with Crippen molar-refractivity contribution in [3.8, 4) is 0 Å². The molecule has 1 aromatic heterocycles. The van der Waals surface area contributed by atoms with E-state index in [0.29, 0.717) is 11.1 Å². The first-order valence-electron chi connectivity index (χ1n) is 5.59. The van der Waals surface area contributed by atoms with E-state index in [1.807, 2.05) is 0 Å². The van der Waals surface area contributed by atoms with Gasteiger partial charge in [0.25, 0.3) is 15.7 Å². The van der Waals surface area contributed by atoms with Gasteiger partial charge in [0.2, 0.25) is 5.95 Å². The van der Waals surface area contributed by atoms with Crippen molar-refractivity contribution in [2.24, 2.45) is 0 Å². The third-order valence-electron chi connectivity index (χ3n) is 2.79. The lowest BCUT2D eigenvalue weighted by molar-refractivity contribution is -0.387. The first kappa shape index (κ1) is 14.0. The van der Waals surface area contributed by atoms with Gasteiger partial charge in [-0.05, 0) is 31.0 Å². The zero-order valence-electron chi connectivity index (χ0n) is 10.7. The smallest absolute Gasteiger partial charge is 0.290 e. The Labute approximate surface area is 115 Å². The number of imidazole rings is 1. The van der Waals surface area contributed by atoms with Gasteiger partial charge in [-0.2, -0.15) is 0 Å². The summed E-state index contributed by atoms with van der Waals surface area (Å²) in [5.41, 5.74) is 0.830. The quantitative estimate of drug-likeness (QED) is 0.658. The molecular formula is C11H12N4O4S. The summed E-state index contributed by atoms with van der Waals surface area (Å²) in [5.74, 6) is -0.00229. The summed E-state index contributed by atoms with van der Waals surface area (Å²) in [4.78, 5) is 16.2. The molecule has 0 aliphatic rings. The minimum absolute atomic E-state index is 0.00229. The third kappa shape index (κ3) is 2.62. The van der Waals surface area contributed by atoms with Crippen LogP contribution < -0.4 is 4.72 Å². The van der Waals surface area contributed by atoms with Crippen LogP contribution >= 0.6 is 0 Å². The topological polar surface area (TPSA) is 118 Å². The molecule has 2 N–H and O–H groups in total. The monoisotopic (exact) mass is 296 g/mol. The molecule has 0 fully saturated rings.